The third-order valence-electron chi connectivity index (χ3n) is 4.98. The van der Waals surface area contributed by atoms with Crippen molar-refractivity contribution in [1.29, 1.82) is 0 Å². The molecule has 0 aliphatic heterocycles. The Hall–Kier alpha value is -3.61. The number of hydrogen-bond acceptors (Lipinski definition) is 6. The highest BCUT2D eigenvalue weighted by molar-refractivity contribution is 6.14. The predicted molar refractivity (Wildman–Crippen MR) is 114 cm³/mol. The van der Waals surface area contributed by atoms with Gasteiger partial charge in [0.1, 0.15) is 0 Å². The summed E-state index contributed by atoms with van der Waals surface area (Å²) in [7, 11) is 4.63. The largest absolute Gasteiger partial charge is 0.493 e. The summed E-state index contributed by atoms with van der Waals surface area (Å²) >= 11 is 0. The number of ether oxygens (including phenoxy) is 3. The molecule has 1 fully saturated rings. The number of nitro benzene ring substituents is 1. The highest BCUT2D eigenvalue weighted by atomic mass is 16.6. The van der Waals surface area contributed by atoms with Crippen LogP contribution in [0.15, 0.2) is 47.5 Å². The van der Waals surface area contributed by atoms with Crippen LogP contribution in [0, 0.1) is 10.1 Å². The van der Waals surface area contributed by atoms with Crippen LogP contribution >= 0.6 is 0 Å². The zero-order chi connectivity index (χ0) is 21.7. The summed E-state index contributed by atoms with van der Waals surface area (Å²) < 4.78 is 16.2. The number of nitro groups is 1. The van der Waals surface area contributed by atoms with Crippen molar-refractivity contribution in [2.45, 2.75) is 19.3 Å². The lowest BCUT2D eigenvalue weighted by Gasteiger charge is -2.18. The number of carbonyl (C=O) groups excluding carboxylic acids is 1. The number of carbonyl (C=O) groups is 1. The Bertz CT molecular complexity index is 1020. The molecule has 2 aromatic carbocycles. The van der Waals surface area contributed by atoms with Gasteiger partial charge in [-0.25, -0.2) is 0 Å². The topological polar surface area (TPSA) is 87.9 Å². The van der Waals surface area contributed by atoms with Crippen molar-refractivity contribution in [3.63, 3.8) is 0 Å². The van der Waals surface area contributed by atoms with E-state index in [0.717, 1.165) is 17.5 Å². The Morgan fingerprint density at radius 2 is 1.50 bits per heavy atom. The van der Waals surface area contributed by atoms with Crippen LogP contribution in [0.5, 0.6) is 17.2 Å². The number of nitrogens with zero attached hydrogens (tertiary/aromatic N) is 1. The summed E-state index contributed by atoms with van der Waals surface area (Å²) in [6.07, 6.45) is 5.78. The molecule has 1 aliphatic rings. The molecule has 2 aromatic rings. The molecule has 7 nitrogen and oxygen atoms in total. The molecule has 0 aromatic heterocycles. The van der Waals surface area contributed by atoms with Gasteiger partial charge in [0.15, 0.2) is 17.3 Å². The maximum Gasteiger partial charge on any atom is 0.269 e. The van der Waals surface area contributed by atoms with E-state index >= 15 is 0 Å². The molecule has 0 unspecified atom stereocenters. The van der Waals surface area contributed by atoms with Crippen LogP contribution < -0.4 is 14.2 Å². The molecule has 0 atom stereocenters. The molecule has 3 rings (SSSR count). The predicted octanol–water partition coefficient (Wildman–Crippen LogP) is 4.84. The van der Waals surface area contributed by atoms with Crippen LogP contribution in [0.2, 0.25) is 0 Å². The van der Waals surface area contributed by atoms with Gasteiger partial charge in [-0.1, -0.05) is 0 Å². The summed E-state index contributed by atoms with van der Waals surface area (Å²) in [5, 5.41) is 10.8. The fourth-order valence-corrected chi connectivity index (χ4v) is 3.50. The van der Waals surface area contributed by atoms with Crippen molar-refractivity contribution in [2.24, 2.45) is 0 Å². The van der Waals surface area contributed by atoms with Gasteiger partial charge in [0.25, 0.3) is 5.69 Å². The molecule has 0 heterocycles. The maximum atomic E-state index is 13.0. The van der Waals surface area contributed by atoms with E-state index < -0.39 is 4.92 Å². The van der Waals surface area contributed by atoms with E-state index in [1.807, 2.05) is 12.1 Å². The first-order valence-corrected chi connectivity index (χ1v) is 9.47. The molecule has 0 amide bonds. The van der Waals surface area contributed by atoms with Crippen LogP contribution in [0.25, 0.3) is 12.2 Å². The maximum absolute atomic E-state index is 13.0. The molecular formula is C23H23NO6. The zero-order valence-corrected chi connectivity index (χ0v) is 17.1. The number of benzene rings is 2. The van der Waals surface area contributed by atoms with Gasteiger partial charge in [-0.05, 0) is 61.2 Å². The second-order valence-corrected chi connectivity index (χ2v) is 6.79. The summed E-state index contributed by atoms with van der Waals surface area (Å²) in [6.45, 7) is 0. The molecule has 156 valence electrons. The lowest BCUT2D eigenvalue weighted by molar-refractivity contribution is -0.384. The van der Waals surface area contributed by atoms with Crippen molar-refractivity contribution < 1.29 is 23.9 Å². The van der Waals surface area contributed by atoms with Gasteiger partial charge in [-0.15, -0.1) is 0 Å². The van der Waals surface area contributed by atoms with E-state index in [4.69, 9.17) is 14.2 Å². The fourth-order valence-electron chi connectivity index (χ4n) is 3.50. The van der Waals surface area contributed by atoms with Crippen LogP contribution in [-0.2, 0) is 4.79 Å². The summed E-state index contributed by atoms with van der Waals surface area (Å²) in [5.41, 5.74) is 2.87. The third-order valence-corrected chi connectivity index (χ3v) is 4.98. The van der Waals surface area contributed by atoms with Crippen molar-refractivity contribution in [3.05, 3.63) is 68.8 Å². The Morgan fingerprint density at radius 3 is 2.07 bits per heavy atom. The number of methoxy groups -OCH3 is 3. The second-order valence-electron chi connectivity index (χ2n) is 6.79. The van der Waals surface area contributed by atoms with Gasteiger partial charge in [0.2, 0.25) is 5.75 Å². The minimum atomic E-state index is -0.444. The SMILES string of the molecule is COc1ccc(/C=C2\CCC/C(=C\c3ccc([N+](=O)[O-])cc3)C2=O)c(OC)c1OC. The van der Waals surface area contributed by atoms with Crippen molar-refractivity contribution in [1.82, 2.24) is 0 Å². The van der Waals surface area contributed by atoms with Gasteiger partial charge < -0.3 is 14.2 Å². The van der Waals surface area contributed by atoms with Crippen molar-refractivity contribution in [3.8, 4) is 17.2 Å². The lowest BCUT2D eigenvalue weighted by atomic mass is 9.86. The number of ketones is 1. The minimum Gasteiger partial charge on any atom is -0.493 e. The zero-order valence-electron chi connectivity index (χ0n) is 17.1. The average molecular weight is 409 g/mol. The molecule has 0 N–H and O–H groups in total. The van der Waals surface area contributed by atoms with E-state index in [2.05, 4.69) is 0 Å². The van der Waals surface area contributed by atoms with Crippen LogP contribution in [0.4, 0.5) is 5.69 Å². The number of rotatable bonds is 6. The Kier molecular flexibility index (Phi) is 6.51. The summed E-state index contributed by atoms with van der Waals surface area (Å²) in [4.78, 5) is 23.4. The number of Topliss-reactive ketones (excluding diaryl/α,β-unsaturated/α-hetero) is 1. The number of hydrogen-bond donors (Lipinski definition) is 0. The number of allylic oxidation sites excluding steroid dienone is 2. The smallest absolute Gasteiger partial charge is 0.269 e. The molecule has 0 radical (unpaired) electrons. The first-order chi connectivity index (χ1) is 14.5. The van der Waals surface area contributed by atoms with E-state index in [1.165, 1.54) is 19.2 Å². The molecule has 7 heteroatoms. The first-order valence-electron chi connectivity index (χ1n) is 9.47. The Morgan fingerprint density at radius 1 is 0.867 bits per heavy atom. The van der Waals surface area contributed by atoms with E-state index in [9.17, 15) is 14.9 Å². The van der Waals surface area contributed by atoms with Crippen molar-refractivity contribution in [2.75, 3.05) is 21.3 Å². The molecule has 30 heavy (non-hydrogen) atoms. The van der Waals surface area contributed by atoms with E-state index in [-0.39, 0.29) is 11.5 Å². The van der Waals surface area contributed by atoms with Gasteiger partial charge in [0.05, 0.1) is 26.3 Å². The third kappa shape index (κ3) is 4.35. The van der Waals surface area contributed by atoms with Crippen molar-refractivity contribution >= 4 is 23.6 Å². The van der Waals surface area contributed by atoms with Gasteiger partial charge in [-0.2, -0.15) is 0 Å². The molecule has 1 aliphatic carbocycles. The standard InChI is InChI=1S/C23H23NO6/c1-28-20-12-9-18(22(29-2)23(20)30-3)14-17-6-4-5-16(21(17)25)13-15-7-10-19(11-8-15)24(26)27/h7-14H,4-6H2,1-3H3/b16-13+,17-14+. The molecule has 0 bridgehead atoms. The summed E-state index contributed by atoms with van der Waals surface area (Å²) in [6, 6.07) is 9.76. The van der Waals surface area contributed by atoms with Gasteiger partial charge in [0, 0.05) is 28.8 Å². The summed E-state index contributed by atoms with van der Waals surface area (Å²) in [5.74, 6) is 1.49. The monoisotopic (exact) mass is 409 g/mol. The molecule has 0 spiro atoms. The quantitative estimate of drug-likeness (QED) is 0.385. The molecule has 1 saturated carbocycles. The molecular weight excluding hydrogens is 386 g/mol. The van der Waals surface area contributed by atoms with E-state index in [0.29, 0.717) is 41.2 Å². The fraction of sp³-hybridized carbons (Fsp3) is 0.261. The van der Waals surface area contributed by atoms with Crippen LogP contribution in [-0.4, -0.2) is 32.0 Å². The molecule has 0 saturated heterocycles. The Balaban J connectivity index is 1.93. The van der Waals surface area contributed by atoms with E-state index in [1.54, 1.807) is 38.5 Å². The lowest BCUT2D eigenvalue weighted by Crippen LogP contribution is -2.12. The normalized spacial score (nSPS) is 16.6. The average Bonchev–Trinajstić information content (AvgIpc) is 2.76. The first kappa shape index (κ1) is 21.1. The van der Waals surface area contributed by atoms with Gasteiger partial charge in [-0.3, -0.25) is 14.9 Å². The Labute approximate surface area is 174 Å². The van der Waals surface area contributed by atoms with Crippen LogP contribution in [0.3, 0.4) is 0 Å². The van der Waals surface area contributed by atoms with Gasteiger partial charge >= 0.3 is 0 Å². The minimum absolute atomic E-state index is 0.0215. The highest BCUT2D eigenvalue weighted by Gasteiger charge is 2.22. The highest BCUT2D eigenvalue weighted by Crippen LogP contribution is 2.41. The number of non-ortho nitro benzene ring substituents is 1. The van der Waals surface area contributed by atoms with Crippen LogP contribution in [0.1, 0.15) is 30.4 Å². The second kappa shape index (κ2) is 9.26.